The Morgan fingerprint density at radius 3 is 2.52 bits per heavy atom. The van der Waals surface area contributed by atoms with Crippen molar-refractivity contribution in [2.24, 2.45) is 5.73 Å². The second-order valence-electron chi connectivity index (χ2n) is 5.22. The third-order valence-corrected chi connectivity index (χ3v) is 5.73. The van der Waals surface area contributed by atoms with Crippen LogP contribution >= 0.6 is 46.9 Å². The Bertz CT molecular complexity index is 588. The van der Waals surface area contributed by atoms with Crippen LogP contribution in [0.4, 0.5) is 0 Å². The molecule has 1 aromatic heterocycles. The largest absolute Gasteiger partial charge is 0.326 e. The van der Waals surface area contributed by atoms with Crippen LogP contribution in [0.5, 0.6) is 0 Å². The van der Waals surface area contributed by atoms with Gasteiger partial charge in [0.15, 0.2) is 0 Å². The monoisotopic (exact) mass is 362 g/mol. The van der Waals surface area contributed by atoms with Crippen molar-refractivity contribution in [1.29, 1.82) is 0 Å². The topological polar surface area (TPSA) is 29.3 Å². The summed E-state index contributed by atoms with van der Waals surface area (Å²) in [5, 5.41) is 2.72. The van der Waals surface area contributed by atoms with Gasteiger partial charge in [-0.1, -0.05) is 53.5 Å². The normalized spacial score (nSPS) is 22.2. The highest BCUT2D eigenvalue weighted by Crippen LogP contribution is 2.34. The van der Waals surface area contributed by atoms with E-state index in [4.69, 9.17) is 28.9 Å². The van der Waals surface area contributed by atoms with Crippen LogP contribution in [0.3, 0.4) is 0 Å². The van der Waals surface area contributed by atoms with Gasteiger partial charge in [0, 0.05) is 31.6 Å². The summed E-state index contributed by atoms with van der Waals surface area (Å²) in [6, 6.07) is 10.7. The van der Waals surface area contributed by atoms with E-state index in [1.54, 1.807) is 0 Å². The van der Waals surface area contributed by atoms with Gasteiger partial charge in [-0.3, -0.25) is 4.90 Å². The number of hydrogen-bond donors (Lipinski definition) is 1. The lowest BCUT2D eigenvalue weighted by Gasteiger charge is -2.15. The van der Waals surface area contributed by atoms with Crippen LogP contribution in [0.25, 0.3) is 0 Å². The van der Waals surface area contributed by atoms with Crippen molar-refractivity contribution in [1.82, 2.24) is 4.90 Å². The second-order valence-corrected chi connectivity index (χ2v) is 7.08. The Morgan fingerprint density at radius 2 is 1.90 bits per heavy atom. The molecular formula is C15H17Cl3N2S. The second kappa shape index (κ2) is 7.32. The molecule has 1 saturated heterocycles. The molecule has 6 heteroatoms. The summed E-state index contributed by atoms with van der Waals surface area (Å²) in [5.74, 6) is 0.393. The molecule has 1 fully saturated rings. The van der Waals surface area contributed by atoms with Crippen LogP contribution in [0.2, 0.25) is 9.36 Å². The van der Waals surface area contributed by atoms with Crippen LogP contribution in [0.15, 0.2) is 35.7 Å². The molecule has 3 rings (SSSR count). The standard InChI is InChI=1S/C15H16Cl2N2S.ClH/c16-14-11(9-20-15(14)17)6-19-7-12(13(18)8-19)10-4-2-1-3-5-10;/h1-5,9,12-13H,6-8,18H2;1H/t12-,13+;/m0./s1. The van der Waals surface area contributed by atoms with Crippen molar-refractivity contribution in [3.05, 3.63) is 56.2 Å². The van der Waals surface area contributed by atoms with Crippen LogP contribution < -0.4 is 5.73 Å². The first-order valence-corrected chi connectivity index (χ1v) is 8.23. The number of nitrogens with two attached hydrogens (primary N) is 1. The van der Waals surface area contributed by atoms with Gasteiger partial charge in [-0.25, -0.2) is 0 Å². The Hall–Kier alpha value is -0.290. The number of halogens is 3. The molecule has 1 aliphatic rings. The minimum Gasteiger partial charge on any atom is -0.326 e. The molecule has 0 saturated carbocycles. The molecule has 2 nitrogen and oxygen atoms in total. The molecule has 0 radical (unpaired) electrons. The average molecular weight is 364 g/mol. The highest BCUT2D eigenvalue weighted by molar-refractivity contribution is 7.15. The molecule has 2 N–H and O–H groups in total. The van der Waals surface area contributed by atoms with Crippen molar-refractivity contribution < 1.29 is 0 Å². The quantitative estimate of drug-likeness (QED) is 0.875. The third kappa shape index (κ3) is 3.73. The first-order valence-electron chi connectivity index (χ1n) is 6.59. The van der Waals surface area contributed by atoms with Gasteiger partial charge in [0.25, 0.3) is 0 Å². The minimum atomic E-state index is 0. The maximum absolute atomic E-state index is 6.30. The number of thiophene rings is 1. The molecule has 2 aromatic rings. The van der Waals surface area contributed by atoms with Crippen molar-refractivity contribution >= 4 is 46.9 Å². The highest BCUT2D eigenvalue weighted by Gasteiger charge is 2.31. The fourth-order valence-corrected chi connectivity index (χ4v) is 4.04. The van der Waals surface area contributed by atoms with E-state index in [0.717, 1.165) is 25.2 Å². The number of hydrogen-bond acceptors (Lipinski definition) is 3. The molecular weight excluding hydrogens is 347 g/mol. The van der Waals surface area contributed by atoms with E-state index in [0.29, 0.717) is 15.3 Å². The van der Waals surface area contributed by atoms with E-state index >= 15 is 0 Å². The Labute approximate surface area is 145 Å². The fraction of sp³-hybridized carbons (Fsp3) is 0.333. The Kier molecular flexibility index (Phi) is 5.95. The first kappa shape index (κ1) is 17.1. The number of rotatable bonds is 3. The summed E-state index contributed by atoms with van der Waals surface area (Å²) < 4.78 is 0.671. The summed E-state index contributed by atoms with van der Waals surface area (Å²) in [6.45, 7) is 2.68. The molecule has 2 heterocycles. The van der Waals surface area contributed by atoms with E-state index in [-0.39, 0.29) is 18.4 Å². The Balaban J connectivity index is 0.00000161. The summed E-state index contributed by atoms with van der Waals surface area (Å²) in [6.07, 6.45) is 0. The molecule has 21 heavy (non-hydrogen) atoms. The lowest BCUT2D eigenvalue weighted by molar-refractivity contribution is 0.324. The summed E-state index contributed by atoms with van der Waals surface area (Å²) in [5.41, 5.74) is 8.72. The zero-order chi connectivity index (χ0) is 14.1. The van der Waals surface area contributed by atoms with Gasteiger partial charge in [-0.15, -0.1) is 23.7 Å². The van der Waals surface area contributed by atoms with Crippen LogP contribution in [0.1, 0.15) is 17.0 Å². The molecule has 0 bridgehead atoms. The third-order valence-electron chi connectivity index (χ3n) is 3.82. The van der Waals surface area contributed by atoms with Gasteiger partial charge in [0.1, 0.15) is 4.34 Å². The van der Waals surface area contributed by atoms with Crippen LogP contribution in [-0.2, 0) is 6.54 Å². The molecule has 114 valence electrons. The first-order chi connectivity index (χ1) is 9.65. The maximum Gasteiger partial charge on any atom is 0.112 e. The maximum atomic E-state index is 6.30. The lowest BCUT2D eigenvalue weighted by atomic mass is 9.95. The van der Waals surface area contributed by atoms with Gasteiger partial charge in [-0.05, 0) is 16.5 Å². The smallest absolute Gasteiger partial charge is 0.112 e. The van der Waals surface area contributed by atoms with E-state index in [9.17, 15) is 0 Å². The van der Waals surface area contributed by atoms with Crippen molar-refractivity contribution in [2.75, 3.05) is 13.1 Å². The predicted octanol–water partition coefficient (Wildman–Crippen LogP) is 4.40. The van der Waals surface area contributed by atoms with Gasteiger partial charge in [0.2, 0.25) is 0 Å². The molecule has 0 unspecified atom stereocenters. The van der Waals surface area contributed by atoms with E-state index < -0.39 is 0 Å². The van der Waals surface area contributed by atoms with Crippen molar-refractivity contribution in [3.8, 4) is 0 Å². The molecule has 1 aliphatic heterocycles. The number of nitrogens with zero attached hydrogens (tertiary/aromatic N) is 1. The summed E-state index contributed by atoms with van der Waals surface area (Å²) in [4.78, 5) is 2.35. The van der Waals surface area contributed by atoms with Gasteiger partial charge in [-0.2, -0.15) is 0 Å². The molecule has 1 aromatic carbocycles. The average Bonchev–Trinajstić information content (AvgIpc) is 2.97. The predicted molar refractivity (Wildman–Crippen MR) is 94.0 cm³/mol. The van der Waals surface area contributed by atoms with Gasteiger partial charge in [0.05, 0.1) is 5.02 Å². The van der Waals surface area contributed by atoms with Crippen LogP contribution in [-0.4, -0.2) is 24.0 Å². The van der Waals surface area contributed by atoms with Crippen molar-refractivity contribution in [3.63, 3.8) is 0 Å². The zero-order valence-corrected chi connectivity index (χ0v) is 14.5. The highest BCUT2D eigenvalue weighted by atomic mass is 35.5. The molecule has 0 aliphatic carbocycles. The number of benzene rings is 1. The fourth-order valence-electron chi connectivity index (χ4n) is 2.80. The van der Waals surface area contributed by atoms with Gasteiger partial charge >= 0.3 is 0 Å². The van der Waals surface area contributed by atoms with Crippen LogP contribution in [0, 0.1) is 0 Å². The lowest BCUT2D eigenvalue weighted by Crippen LogP contribution is -2.28. The molecule has 0 spiro atoms. The van der Waals surface area contributed by atoms with E-state index in [2.05, 4.69) is 29.2 Å². The zero-order valence-electron chi connectivity index (χ0n) is 11.3. The van der Waals surface area contributed by atoms with E-state index in [1.807, 2.05) is 11.4 Å². The Morgan fingerprint density at radius 1 is 1.19 bits per heavy atom. The molecule has 2 atom stereocenters. The number of likely N-dealkylation sites (tertiary alicyclic amines) is 1. The molecule has 0 amide bonds. The van der Waals surface area contributed by atoms with Crippen molar-refractivity contribution in [2.45, 2.75) is 18.5 Å². The summed E-state index contributed by atoms with van der Waals surface area (Å²) in [7, 11) is 0. The minimum absolute atomic E-state index is 0. The van der Waals surface area contributed by atoms with Gasteiger partial charge < -0.3 is 5.73 Å². The SMILES string of the molecule is Cl.N[C@@H]1CN(Cc2csc(Cl)c2Cl)C[C@H]1c1ccccc1. The van der Waals surface area contributed by atoms with E-state index in [1.165, 1.54) is 16.9 Å². The summed E-state index contributed by atoms with van der Waals surface area (Å²) >= 11 is 13.7.